The molecule has 1 saturated heterocycles. The Balaban J connectivity index is 1.59. The molecule has 2 heterocycles. The first-order chi connectivity index (χ1) is 12.0. The van der Waals surface area contributed by atoms with Crippen LogP contribution in [0.25, 0.3) is 0 Å². The molecule has 1 aromatic heterocycles. The highest BCUT2D eigenvalue weighted by Gasteiger charge is 2.21. The van der Waals surface area contributed by atoms with Gasteiger partial charge in [0.25, 0.3) is 5.91 Å². The number of carbonyl (C=O) groups excluding carboxylic acids is 1. The first kappa shape index (κ1) is 18.2. The highest BCUT2D eigenvalue weighted by Crippen LogP contribution is 2.32. The van der Waals surface area contributed by atoms with Crippen molar-refractivity contribution < 1.29 is 9.53 Å². The van der Waals surface area contributed by atoms with Gasteiger partial charge in [-0.2, -0.15) is 0 Å². The van der Waals surface area contributed by atoms with Crippen molar-refractivity contribution in [2.75, 3.05) is 18.4 Å². The molecule has 1 aliphatic rings. The average Bonchev–Trinajstić information content (AvgIpc) is 3.07. The summed E-state index contributed by atoms with van der Waals surface area (Å²) < 4.78 is 5.71. The molecule has 2 aromatic rings. The number of amides is 1. The van der Waals surface area contributed by atoms with Gasteiger partial charge in [-0.05, 0) is 63.4 Å². The van der Waals surface area contributed by atoms with Crippen molar-refractivity contribution in [3.63, 3.8) is 0 Å². The maximum Gasteiger partial charge on any atom is 0.266 e. The Kier molecular flexibility index (Phi) is 5.93. The smallest absolute Gasteiger partial charge is 0.266 e. The van der Waals surface area contributed by atoms with Gasteiger partial charge in [-0.1, -0.05) is 17.7 Å². The van der Waals surface area contributed by atoms with Crippen molar-refractivity contribution >= 4 is 34.0 Å². The number of benzene rings is 1. The molecule has 1 atom stereocenters. The van der Waals surface area contributed by atoms with E-state index in [1.165, 1.54) is 4.88 Å². The van der Waals surface area contributed by atoms with E-state index in [1.807, 2.05) is 25.3 Å². The minimum absolute atomic E-state index is 0.233. The topological polar surface area (TPSA) is 63.2 Å². The van der Waals surface area contributed by atoms with Gasteiger partial charge in [0.2, 0.25) is 0 Å². The molecule has 2 N–H and O–H groups in total. The summed E-state index contributed by atoms with van der Waals surface area (Å²) in [6, 6.07) is 5.49. The summed E-state index contributed by atoms with van der Waals surface area (Å²) in [6.07, 6.45) is 3.44. The van der Waals surface area contributed by atoms with E-state index in [0.29, 0.717) is 21.8 Å². The van der Waals surface area contributed by atoms with Crippen LogP contribution < -0.4 is 15.4 Å². The van der Waals surface area contributed by atoms with Gasteiger partial charge in [0.15, 0.2) is 11.2 Å². The van der Waals surface area contributed by atoms with E-state index < -0.39 is 6.10 Å². The third kappa shape index (κ3) is 4.71. The van der Waals surface area contributed by atoms with Crippen molar-refractivity contribution in [3.05, 3.63) is 39.9 Å². The maximum absolute atomic E-state index is 12.4. The largest absolute Gasteiger partial charge is 0.479 e. The molecule has 1 amide bonds. The van der Waals surface area contributed by atoms with E-state index in [0.717, 1.165) is 31.5 Å². The molecule has 0 bridgehead atoms. The fourth-order valence-electron chi connectivity index (χ4n) is 2.79. The zero-order valence-electron chi connectivity index (χ0n) is 14.3. The van der Waals surface area contributed by atoms with E-state index in [-0.39, 0.29) is 5.91 Å². The van der Waals surface area contributed by atoms with Gasteiger partial charge >= 0.3 is 0 Å². The summed E-state index contributed by atoms with van der Waals surface area (Å²) in [5.74, 6) is 0.812. The lowest BCUT2D eigenvalue weighted by atomic mass is 9.97. The van der Waals surface area contributed by atoms with Crippen LogP contribution in [0.1, 0.15) is 36.1 Å². The molecular formula is C18H22ClN3O2S. The first-order valence-electron chi connectivity index (χ1n) is 8.43. The van der Waals surface area contributed by atoms with Crippen LogP contribution in [0, 0.1) is 6.92 Å². The standard InChI is InChI=1S/C18H22ClN3O2S/c1-11-3-4-14(19)15(9-11)24-12(2)17(23)22-18-21-10-16(25-18)13-5-7-20-8-6-13/h3-4,9-10,12-13,20H,5-8H2,1-2H3,(H,21,22,23). The van der Waals surface area contributed by atoms with Crippen molar-refractivity contribution in [2.45, 2.75) is 38.7 Å². The van der Waals surface area contributed by atoms with E-state index in [9.17, 15) is 4.79 Å². The van der Waals surface area contributed by atoms with E-state index >= 15 is 0 Å². The number of hydrogen-bond acceptors (Lipinski definition) is 5. The Bertz CT molecular complexity index is 744. The molecule has 1 fully saturated rings. The van der Waals surface area contributed by atoms with Gasteiger partial charge in [0.1, 0.15) is 5.75 Å². The quantitative estimate of drug-likeness (QED) is 0.824. The van der Waals surface area contributed by atoms with Crippen molar-refractivity contribution in [3.8, 4) is 5.75 Å². The molecule has 1 unspecified atom stereocenters. The third-order valence-corrected chi connectivity index (χ3v) is 5.64. The number of nitrogens with one attached hydrogen (secondary N) is 2. The number of aromatic nitrogens is 1. The van der Waals surface area contributed by atoms with Gasteiger partial charge in [-0.25, -0.2) is 4.98 Å². The second-order valence-corrected chi connectivity index (χ2v) is 7.74. The van der Waals surface area contributed by atoms with Crippen LogP contribution in [-0.4, -0.2) is 30.1 Å². The summed E-state index contributed by atoms with van der Waals surface area (Å²) in [5.41, 5.74) is 1.03. The summed E-state index contributed by atoms with van der Waals surface area (Å²) >= 11 is 7.67. The normalized spacial score (nSPS) is 16.4. The van der Waals surface area contributed by atoms with Crippen LogP contribution in [0.5, 0.6) is 5.75 Å². The van der Waals surface area contributed by atoms with Gasteiger partial charge in [0.05, 0.1) is 5.02 Å². The summed E-state index contributed by atoms with van der Waals surface area (Å²) in [5, 5.41) is 7.31. The molecule has 1 aromatic carbocycles. The van der Waals surface area contributed by atoms with Gasteiger partial charge < -0.3 is 10.1 Å². The molecule has 25 heavy (non-hydrogen) atoms. The Labute approximate surface area is 156 Å². The highest BCUT2D eigenvalue weighted by atomic mass is 35.5. The molecule has 1 aliphatic heterocycles. The number of piperidine rings is 1. The number of ether oxygens (including phenoxy) is 1. The van der Waals surface area contributed by atoms with E-state index in [1.54, 1.807) is 24.3 Å². The van der Waals surface area contributed by atoms with Crippen molar-refractivity contribution in [1.82, 2.24) is 10.3 Å². The van der Waals surface area contributed by atoms with Crippen molar-refractivity contribution in [2.24, 2.45) is 0 Å². The zero-order chi connectivity index (χ0) is 17.8. The Morgan fingerprint density at radius 1 is 1.44 bits per heavy atom. The van der Waals surface area contributed by atoms with Gasteiger partial charge in [0, 0.05) is 11.1 Å². The summed E-state index contributed by atoms with van der Waals surface area (Å²) in [7, 11) is 0. The maximum atomic E-state index is 12.4. The fourth-order valence-corrected chi connectivity index (χ4v) is 3.94. The predicted octanol–water partition coefficient (Wildman–Crippen LogP) is 3.98. The lowest BCUT2D eigenvalue weighted by molar-refractivity contribution is -0.122. The second-order valence-electron chi connectivity index (χ2n) is 6.28. The number of thiazole rings is 1. The Morgan fingerprint density at radius 3 is 2.96 bits per heavy atom. The van der Waals surface area contributed by atoms with Gasteiger partial charge in [-0.3, -0.25) is 10.1 Å². The van der Waals surface area contributed by atoms with E-state index in [2.05, 4.69) is 15.6 Å². The predicted molar refractivity (Wildman–Crippen MR) is 102 cm³/mol. The van der Waals surface area contributed by atoms with Crippen LogP contribution in [-0.2, 0) is 4.79 Å². The third-order valence-electron chi connectivity index (χ3n) is 4.25. The van der Waals surface area contributed by atoms with Crippen LogP contribution >= 0.6 is 22.9 Å². The summed E-state index contributed by atoms with van der Waals surface area (Å²) in [6.45, 7) is 5.72. The first-order valence-corrected chi connectivity index (χ1v) is 9.62. The molecular weight excluding hydrogens is 358 g/mol. The lowest BCUT2D eigenvalue weighted by Crippen LogP contribution is -2.30. The molecule has 7 heteroatoms. The fraction of sp³-hybridized carbons (Fsp3) is 0.444. The molecule has 0 radical (unpaired) electrons. The number of carbonyl (C=O) groups is 1. The number of anilines is 1. The number of halogens is 1. The molecule has 3 rings (SSSR count). The number of nitrogens with zero attached hydrogens (tertiary/aromatic N) is 1. The lowest BCUT2D eigenvalue weighted by Gasteiger charge is -2.20. The van der Waals surface area contributed by atoms with Crippen molar-refractivity contribution in [1.29, 1.82) is 0 Å². The highest BCUT2D eigenvalue weighted by molar-refractivity contribution is 7.15. The number of rotatable bonds is 5. The SMILES string of the molecule is Cc1ccc(Cl)c(OC(C)C(=O)Nc2ncc(C3CCNCC3)s2)c1. The Hall–Kier alpha value is -1.63. The zero-order valence-corrected chi connectivity index (χ0v) is 15.9. The average molecular weight is 380 g/mol. The monoisotopic (exact) mass is 379 g/mol. The van der Waals surface area contributed by atoms with Crippen LogP contribution in [0.3, 0.4) is 0 Å². The van der Waals surface area contributed by atoms with E-state index in [4.69, 9.17) is 16.3 Å². The number of hydrogen-bond donors (Lipinski definition) is 2. The second kappa shape index (κ2) is 8.17. The summed E-state index contributed by atoms with van der Waals surface area (Å²) in [4.78, 5) is 17.9. The van der Waals surface area contributed by atoms with Crippen LogP contribution in [0.4, 0.5) is 5.13 Å². The molecule has 5 nitrogen and oxygen atoms in total. The minimum atomic E-state index is -0.662. The molecule has 0 aliphatic carbocycles. The molecule has 0 spiro atoms. The van der Waals surface area contributed by atoms with Crippen LogP contribution in [0.15, 0.2) is 24.4 Å². The van der Waals surface area contributed by atoms with Crippen LogP contribution in [0.2, 0.25) is 5.02 Å². The number of aryl methyl sites for hydroxylation is 1. The van der Waals surface area contributed by atoms with Gasteiger partial charge in [-0.15, -0.1) is 11.3 Å². The molecule has 134 valence electrons. The Morgan fingerprint density at radius 2 is 2.20 bits per heavy atom. The molecule has 0 saturated carbocycles. The minimum Gasteiger partial charge on any atom is -0.479 e.